The number of hydrogen-bond donors (Lipinski definition) is 3. The second-order valence-corrected chi connectivity index (χ2v) is 7.05. The van der Waals surface area contributed by atoms with Crippen LogP contribution in [0.5, 0.6) is 0 Å². The largest absolute Gasteiger partial charge is 0.350 e. The molecule has 6 heteroatoms. The van der Waals surface area contributed by atoms with E-state index in [9.17, 15) is 14.4 Å². The molecule has 0 heterocycles. The summed E-state index contributed by atoms with van der Waals surface area (Å²) in [7, 11) is 0. The molecule has 0 aliphatic heterocycles. The Morgan fingerprint density at radius 1 is 1.00 bits per heavy atom. The van der Waals surface area contributed by atoms with Crippen molar-refractivity contribution in [2.45, 2.75) is 41.2 Å². The van der Waals surface area contributed by atoms with E-state index in [0.29, 0.717) is 6.54 Å². The molecule has 3 amide bonds. The minimum atomic E-state index is -0.517. The number of rotatable bonds is 6. The van der Waals surface area contributed by atoms with E-state index in [1.54, 1.807) is 32.9 Å². The summed E-state index contributed by atoms with van der Waals surface area (Å²) in [6.07, 6.45) is 0. The first-order valence-corrected chi connectivity index (χ1v) is 8.04. The van der Waals surface area contributed by atoms with Crippen LogP contribution < -0.4 is 16.0 Å². The maximum atomic E-state index is 11.8. The fourth-order valence-corrected chi connectivity index (χ4v) is 1.68. The first-order chi connectivity index (χ1) is 11.1. The zero-order valence-electron chi connectivity index (χ0n) is 15.0. The van der Waals surface area contributed by atoms with Gasteiger partial charge in [-0.3, -0.25) is 14.4 Å². The van der Waals surface area contributed by atoms with Gasteiger partial charge in [0.15, 0.2) is 0 Å². The van der Waals surface area contributed by atoms with E-state index in [4.69, 9.17) is 0 Å². The summed E-state index contributed by atoms with van der Waals surface area (Å²) in [5, 5.41) is 8.15. The van der Waals surface area contributed by atoms with Crippen LogP contribution in [0.1, 0.15) is 40.2 Å². The number of hydrogen-bond acceptors (Lipinski definition) is 3. The molecule has 0 aliphatic carbocycles. The van der Waals surface area contributed by atoms with Crippen molar-refractivity contribution in [2.75, 3.05) is 11.9 Å². The van der Waals surface area contributed by atoms with Gasteiger partial charge in [-0.15, -0.1) is 0 Å². The van der Waals surface area contributed by atoms with Crippen molar-refractivity contribution in [1.29, 1.82) is 0 Å². The molecule has 0 aliphatic rings. The normalized spacial score (nSPS) is 11.1. The molecule has 0 atom stereocenters. The van der Waals surface area contributed by atoms with Gasteiger partial charge in [-0.1, -0.05) is 46.8 Å². The van der Waals surface area contributed by atoms with Gasteiger partial charge in [0.1, 0.15) is 0 Å². The van der Waals surface area contributed by atoms with Crippen LogP contribution in [0.25, 0.3) is 0 Å². The van der Waals surface area contributed by atoms with Crippen molar-refractivity contribution >= 4 is 23.4 Å². The summed E-state index contributed by atoms with van der Waals surface area (Å²) in [6.45, 7) is 9.36. The Kier molecular flexibility index (Phi) is 6.95. The van der Waals surface area contributed by atoms with Gasteiger partial charge >= 0.3 is 0 Å². The Balaban J connectivity index is 2.41. The molecule has 0 saturated carbocycles. The Labute approximate surface area is 143 Å². The van der Waals surface area contributed by atoms with E-state index < -0.39 is 5.41 Å². The molecule has 24 heavy (non-hydrogen) atoms. The predicted octanol–water partition coefficient (Wildman–Crippen LogP) is 2.06. The molecule has 1 aromatic rings. The van der Waals surface area contributed by atoms with E-state index in [2.05, 4.69) is 16.0 Å². The molecular weight excluding hydrogens is 306 g/mol. The molecule has 0 fully saturated rings. The first-order valence-electron chi connectivity index (χ1n) is 8.04. The molecule has 0 bridgehead atoms. The fraction of sp³-hybridized carbons (Fsp3) is 0.500. The highest BCUT2D eigenvalue weighted by molar-refractivity contribution is 5.92. The molecule has 1 aromatic carbocycles. The van der Waals surface area contributed by atoms with Crippen molar-refractivity contribution < 1.29 is 14.4 Å². The highest BCUT2D eigenvalue weighted by Crippen LogP contribution is 2.12. The van der Waals surface area contributed by atoms with Crippen LogP contribution in [0.15, 0.2) is 24.3 Å². The maximum Gasteiger partial charge on any atom is 0.239 e. The van der Waals surface area contributed by atoms with E-state index in [-0.39, 0.29) is 30.2 Å². The Morgan fingerprint density at radius 3 is 2.08 bits per heavy atom. The summed E-state index contributed by atoms with van der Waals surface area (Å²) in [5.41, 5.74) is 1.12. The molecule has 0 radical (unpaired) electrons. The van der Waals surface area contributed by atoms with E-state index in [1.165, 1.54) is 0 Å². The number of nitrogens with one attached hydrogen (secondary N) is 3. The second-order valence-electron chi connectivity index (χ2n) is 7.05. The number of anilines is 1. The predicted molar refractivity (Wildman–Crippen MR) is 94.2 cm³/mol. The minimum absolute atomic E-state index is 0.0364. The lowest BCUT2D eigenvalue weighted by Gasteiger charge is -2.17. The summed E-state index contributed by atoms with van der Waals surface area (Å²) in [6, 6.07) is 7.26. The van der Waals surface area contributed by atoms with Gasteiger partial charge in [-0.05, 0) is 17.7 Å². The summed E-state index contributed by atoms with van der Waals surface area (Å²) in [4.78, 5) is 35.1. The number of benzene rings is 1. The highest BCUT2D eigenvalue weighted by Gasteiger charge is 2.21. The van der Waals surface area contributed by atoms with Gasteiger partial charge in [-0.2, -0.15) is 0 Å². The van der Waals surface area contributed by atoms with Crippen molar-refractivity contribution in [3.63, 3.8) is 0 Å². The van der Waals surface area contributed by atoms with E-state index in [1.807, 2.05) is 26.0 Å². The van der Waals surface area contributed by atoms with E-state index in [0.717, 1.165) is 11.3 Å². The monoisotopic (exact) mass is 333 g/mol. The third kappa shape index (κ3) is 6.81. The van der Waals surface area contributed by atoms with Gasteiger partial charge in [-0.25, -0.2) is 0 Å². The topological polar surface area (TPSA) is 87.3 Å². The van der Waals surface area contributed by atoms with Crippen molar-refractivity contribution in [2.24, 2.45) is 11.3 Å². The average Bonchev–Trinajstić information content (AvgIpc) is 2.50. The summed E-state index contributed by atoms with van der Waals surface area (Å²) < 4.78 is 0. The standard InChI is InChI=1S/C18H27N3O3/c1-12(2)16(23)21-14-8-6-13(7-9-14)10-19-15(22)11-20-17(24)18(3,4)5/h6-9,12H,10-11H2,1-5H3,(H,19,22)(H,20,24)(H,21,23). The van der Waals surface area contributed by atoms with Gasteiger partial charge < -0.3 is 16.0 Å². The molecule has 0 unspecified atom stereocenters. The third-order valence-electron chi connectivity index (χ3n) is 3.33. The van der Waals surface area contributed by atoms with Gasteiger partial charge in [0, 0.05) is 23.6 Å². The van der Waals surface area contributed by atoms with Crippen LogP contribution in [-0.2, 0) is 20.9 Å². The van der Waals surface area contributed by atoms with E-state index >= 15 is 0 Å². The van der Waals surface area contributed by atoms with Crippen LogP contribution in [-0.4, -0.2) is 24.3 Å². The molecule has 0 spiro atoms. The molecule has 0 saturated heterocycles. The molecule has 1 rings (SSSR count). The van der Waals surface area contributed by atoms with Crippen molar-refractivity contribution in [3.8, 4) is 0 Å². The lowest BCUT2D eigenvalue weighted by Crippen LogP contribution is -2.41. The number of carbonyl (C=O) groups excluding carboxylic acids is 3. The van der Waals surface area contributed by atoms with Crippen LogP contribution in [0.2, 0.25) is 0 Å². The average molecular weight is 333 g/mol. The molecule has 3 N–H and O–H groups in total. The molecule has 132 valence electrons. The third-order valence-corrected chi connectivity index (χ3v) is 3.33. The smallest absolute Gasteiger partial charge is 0.239 e. The zero-order chi connectivity index (χ0) is 18.3. The Hall–Kier alpha value is -2.37. The SMILES string of the molecule is CC(C)C(=O)Nc1ccc(CNC(=O)CNC(=O)C(C)(C)C)cc1. The van der Waals surface area contributed by atoms with Crippen LogP contribution in [0.4, 0.5) is 5.69 Å². The number of carbonyl (C=O) groups is 3. The Bertz CT molecular complexity index is 587. The zero-order valence-corrected chi connectivity index (χ0v) is 15.0. The number of amides is 3. The van der Waals surface area contributed by atoms with Crippen LogP contribution in [0.3, 0.4) is 0 Å². The van der Waals surface area contributed by atoms with Crippen molar-refractivity contribution in [1.82, 2.24) is 10.6 Å². The second kappa shape index (κ2) is 8.47. The van der Waals surface area contributed by atoms with Crippen LogP contribution >= 0.6 is 0 Å². The summed E-state index contributed by atoms with van der Waals surface area (Å²) >= 11 is 0. The maximum absolute atomic E-state index is 11.8. The lowest BCUT2D eigenvalue weighted by molar-refractivity contribution is -0.131. The quantitative estimate of drug-likeness (QED) is 0.744. The molecule has 6 nitrogen and oxygen atoms in total. The first kappa shape index (κ1) is 19.7. The lowest BCUT2D eigenvalue weighted by atomic mass is 9.96. The Morgan fingerprint density at radius 2 is 1.58 bits per heavy atom. The highest BCUT2D eigenvalue weighted by atomic mass is 16.2. The summed E-state index contributed by atoms with van der Waals surface area (Å²) in [5.74, 6) is -0.523. The van der Waals surface area contributed by atoms with Crippen LogP contribution in [0, 0.1) is 11.3 Å². The van der Waals surface area contributed by atoms with Gasteiger partial charge in [0.2, 0.25) is 17.7 Å². The molecular formula is C18H27N3O3. The van der Waals surface area contributed by atoms with Crippen molar-refractivity contribution in [3.05, 3.63) is 29.8 Å². The van der Waals surface area contributed by atoms with Gasteiger partial charge in [0.05, 0.1) is 6.54 Å². The molecule has 0 aromatic heterocycles. The fourth-order valence-electron chi connectivity index (χ4n) is 1.68. The minimum Gasteiger partial charge on any atom is -0.350 e. The van der Waals surface area contributed by atoms with Gasteiger partial charge in [0.25, 0.3) is 0 Å².